The van der Waals surface area contributed by atoms with Crippen LogP contribution in [0.25, 0.3) is 0 Å². The summed E-state index contributed by atoms with van der Waals surface area (Å²) in [6.45, 7) is 0.684. The normalized spacial score (nSPS) is 12.9. The summed E-state index contributed by atoms with van der Waals surface area (Å²) in [5.41, 5.74) is 15.8. The van der Waals surface area contributed by atoms with Crippen LogP contribution in [0.1, 0.15) is 25.7 Å². The average molecular weight is 159 g/mol. The van der Waals surface area contributed by atoms with Gasteiger partial charge in [0.25, 0.3) is 0 Å². The number of hydrogen-bond acceptors (Lipinski definition) is 3. The number of hydrogen-bond donors (Lipinski definition) is 3. The number of carbonyl (C=O) groups is 1. The van der Waals surface area contributed by atoms with E-state index >= 15 is 0 Å². The third kappa shape index (κ3) is 7.29. The van der Waals surface area contributed by atoms with Crippen molar-refractivity contribution in [3.05, 3.63) is 0 Å². The fourth-order valence-electron chi connectivity index (χ4n) is 0.911. The van der Waals surface area contributed by atoms with E-state index in [2.05, 4.69) is 0 Å². The van der Waals surface area contributed by atoms with Crippen molar-refractivity contribution in [2.45, 2.75) is 31.7 Å². The van der Waals surface area contributed by atoms with Crippen LogP contribution in [-0.2, 0) is 4.79 Å². The summed E-state index contributed by atoms with van der Waals surface area (Å²) >= 11 is 0. The van der Waals surface area contributed by atoms with Crippen molar-refractivity contribution >= 4 is 5.91 Å². The van der Waals surface area contributed by atoms with Gasteiger partial charge in [0, 0.05) is 12.5 Å². The van der Waals surface area contributed by atoms with Crippen molar-refractivity contribution in [1.82, 2.24) is 0 Å². The number of nitrogens with two attached hydrogens (primary N) is 3. The van der Waals surface area contributed by atoms with Crippen molar-refractivity contribution < 1.29 is 4.79 Å². The lowest BCUT2D eigenvalue weighted by atomic mass is 10.1. The molecule has 0 aromatic rings. The maximum atomic E-state index is 10.4. The molecule has 0 bridgehead atoms. The first-order valence-corrected chi connectivity index (χ1v) is 3.90. The molecule has 0 radical (unpaired) electrons. The van der Waals surface area contributed by atoms with Gasteiger partial charge in [-0.25, -0.2) is 0 Å². The smallest absolute Gasteiger partial charge is 0.218 e. The van der Waals surface area contributed by atoms with E-state index in [1.54, 1.807) is 0 Å². The van der Waals surface area contributed by atoms with Gasteiger partial charge in [-0.1, -0.05) is 6.42 Å². The zero-order chi connectivity index (χ0) is 8.69. The molecule has 11 heavy (non-hydrogen) atoms. The summed E-state index contributed by atoms with van der Waals surface area (Å²) in [5.74, 6) is -0.328. The SMILES string of the molecule is NCCCC[C@H](N)CC(N)=O. The molecule has 4 heteroatoms. The molecule has 66 valence electrons. The van der Waals surface area contributed by atoms with Gasteiger partial charge < -0.3 is 17.2 Å². The minimum absolute atomic E-state index is 0.0842. The van der Waals surface area contributed by atoms with Crippen LogP contribution in [0.15, 0.2) is 0 Å². The lowest BCUT2D eigenvalue weighted by Gasteiger charge is -2.07. The molecule has 0 unspecified atom stereocenters. The third-order valence-electron chi connectivity index (χ3n) is 1.49. The lowest BCUT2D eigenvalue weighted by Crippen LogP contribution is -2.27. The van der Waals surface area contributed by atoms with Gasteiger partial charge in [0.2, 0.25) is 5.91 Å². The summed E-state index contributed by atoms with van der Waals surface area (Å²) in [5, 5.41) is 0. The number of carbonyl (C=O) groups excluding carboxylic acids is 1. The molecule has 0 aliphatic carbocycles. The number of amides is 1. The Balaban J connectivity index is 3.22. The van der Waals surface area contributed by atoms with Crippen molar-refractivity contribution in [1.29, 1.82) is 0 Å². The van der Waals surface area contributed by atoms with E-state index in [4.69, 9.17) is 17.2 Å². The molecule has 0 saturated heterocycles. The Kier molecular flexibility index (Phi) is 5.78. The van der Waals surface area contributed by atoms with Crippen LogP contribution >= 0.6 is 0 Å². The molecule has 1 atom stereocenters. The fraction of sp³-hybridized carbons (Fsp3) is 0.857. The molecule has 0 aromatic heterocycles. The summed E-state index contributed by atoms with van der Waals surface area (Å²) in [6, 6.07) is -0.0842. The van der Waals surface area contributed by atoms with E-state index in [1.807, 2.05) is 0 Å². The van der Waals surface area contributed by atoms with E-state index in [0.717, 1.165) is 19.3 Å². The number of rotatable bonds is 6. The Morgan fingerprint density at radius 3 is 2.45 bits per heavy atom. The topological polar surface area (TPSA) is 95.1 Å². The van der Waals surface area contributed by atoms with Crippen molar-refractivity contribution in [3.63, 3.8) is 0 Å². The third-order valence-corrected chi connectivity index (χ3v) is 1.49. The Morgan fingerprint density at radius 1 is 1.36 bits per heavy atom. The first-order chi connectivity index (χ1) is 5.16. The molecule has 0 heterocycles. The molecule has 0 aliphatic heterocycles. The summed E-state index contributed by atoms with van der Waals surface area (Å²) < 4.78 is 0. The first kappa shape index (κ1) is 10.4. The van der Waals surface area contributed by atoms with Gasteiger partial charge in [0.15, 0.2) is 0 Å². The quantitative estimate of drug-likeness (QED) is 0.448. The molecular weight excluding hydrogens is 142 g/mol. The zero-order valence-electron chi connectivity index (χ0n) is 6.75. The lowest BCUT2D eigenvalue weighted by molar-refractivity contribution is -0.118. The molecule has 0 rings (SSSR count). The summed E-state index contributed by atoms with van der Waals surface area (Å²) in [6.07, 6.45) is 3.06. The molecule has 0 spiro atoms. The van der Waals surface area contributed by atoms with E-state index in [0.29, 0.717) is 6.54 Å². The second kappa shape index (κ2) is 6.12. The highest BCUT2D eigenvalue weighted by atomic mass is 16.1. The van der Waals surface area contributed by atoms with Gasteiger partial charge in [0.1, 0.15) is 0 Å². The fourth-order valence-corrected chi connectivity index (χ4v) is 0.911. The van der Waals surface area contributed by atoms with Crippen LogP contribution in [0.4, 0.5) is 0 Å². The van der Waals surface area contributed by atoms with E-state index in [9.17, 15) is 4.79 Å². The Hall–Kier alpha value is -0.610. The monoisotopic (exact) mass is 159 g/mol. The largest absolute Gasteiger partial charge is 0.370 e. The highest BCUT2D eigenvalue weighted by Gasteiger charge is 2.04. The average Bonchev–Trinajstić information content (AvgIpc) is 1.86. The summed E-state index contributed by atoms with van der Waals surface area (Å²) in [4.78, 5) is 10.4. The molecule has 0 fully saturated rings. The molecule has 0 saturated carbocycles. The van der Waals surface area contributed by atoms with Gasteiger partial charge >= 0.3 is 0 Å². The van der Waals surface area contributed by atoms with Crippen molar-refractivity contribution in [3.8, 4) is 0 Å². The summed E-state index contributed by atoms with van der Waals surface area (Å²) in [7, 11) is 0. The minimum Gasteiger partial charge on any atom is -0.370 e. The van der Waals surface area contributed by atoms with Crippen LogP contribution in [0, 0.1) is 0 Å². The van der Waals surface area contributed by atoms with Crippen molar-refractivity contribution in [2.75, 3.05) is 6.54 Å². The van der Waals surface area contributed by atoms with Crippen LogP contribution in [-0.4, -0.2) is 18.5 Å². The highest BCUT2D eigenvalue weighted by Crippen LogP contribution is 2.00. The number of unbranched alkanes of at least 4 members (excludes halogenated alkanes) is 1. The van der Waals surface area contributed by atoms with Crippen LogP contribution < -0.4 is 17.2 Å². The molecule has 0 aromatic carbocycles. The van der Waals surface area contributed by atoms with E-state index < -0.39 is 0 Å². The first-order valence-electron chi connectivity index (χ1n) is 3.90. The van der Waals surface area contributed by atoms with Crippen LogP contribution in [0.5, 0.6) is 0 Å². The molecule has 6 N–H and O–H groups in total. The van der Waals surface area contributed by atoms with Gasteiger partial charge in [-0.2, -0.15) is 0 Å². The predicted octanol–water partition coefficient (Wildman–Crippen LogP) is -0.682. The standard InChI is InChI=1S/C7H17N3O/c8-4-2-1-3-6(9)5-7(10)11/h6H,1-5,8-9H2,(H2,10,11)/t6-/m0/s1. The van der Waals surface area contributed by atoms with Gasteiger partial charge in [-0.15, -0.1) is 0 Å². The van der Waals surface area contributed by atoms with Gasteiger partial charge in [-0.05, 0) is 19.4 Å². The van der Waals surface area contributed by atoms with E-state index in [1.165, 1.54) is 0 Å². The Labute approximate surface area is 67.1 Å². The second-order valence-corrected chi connectivity index (χ2v) is 2.71. The van der Waals surface area contributed by atoms with Crippen molar-refractivity contribution in [2.24, 2.45) is 17.2 Å². The highest BCUT2D eigenvalue weighted by molar-refractivity contribution is 5.74. The predicted molar refractivity (Wildman–Crippen MR) is 44.7 cm³/mol. The number of primary amides is 1. The van der Waals surface area contributed by atoms with Gasteiger partial charge in [-0.3, -0.25) is 4.79 Å². The minimum atomic E-state index is -0.328. The molecule has 1 amide bonds. The maximum Gasteiger partial charge on any atom is 0.218 e. The Morgan fingerprint density at radius 2 is 2.00 bits per heavy atom. The second-order valence-electron chi connectivity index (χ2n) is 2.71. The Bertz CT molecular complexity index is 116. The van der Waals surface area contributed by atoms with E-state index in [-0.39, 0.29) is 18.4 Å². The zero-order valence-corrected chi connectivity index (χ0v) is 6.75. The molecule has 0 aliphatic rings. The maximum absolute atomic E-state index is 10.4. The molecular formula is C7H17N3O. The van der Waals surface area contributed by atoms with Crippen LogP contribution in [0.3, 0.4) is 0 Å². The van der Waals surface area contributed by atoms with Crippen LogP contribution in [0.2, 0.25) is 0 Å². The molecule has 4 nitrogen and oxygen atoms in total. The van der Waals surface area contributed by atoms with Gasteiger partial charge in [0.05, 0.1) is 0 Å².